The second-order valence-electron chi connectivity index (χ2n) is 9.02. The van der Waals surface area contributed by atoms with Crippen LogP contribution in [-0.2, 0) is 4.79 Å². The van der Waals surface area contributed by atoms with Crippen LogP contribution in [0.3, 0.4) is 0 Å². The van der Waals surface area contributed by atoms with Crippen molar-refractivity contribution in [2.75, 3.05) is 31.6 Å². The molecule has 0 radical (unpaired) electrons. The molecular formula is C23H25FKN3O5. The van der Waals surface area contributed by atoms with Gasteiger partial charge in [0.2, 0.25) is 5.91 Å². The van der Waals surface area contributed by atoms with Crippen LogP contribution in [0.15, 0.2) is 17.1 Å². The second kappa shape index (κ2) is 9.29. The number of carboxylic acids is 1. The maximum absolute atomic E-state index is 15.5. The summed E-state index contributed by atoms with van der Waals surface area (Å²) < 4.78 is 22.9. The fourth-order valence-corrected chi connectivity index (χ4v) is 5.47. The number of carbonyl (C=O) groups excluding carboxylic acids is 2. The first kappa shape index (κ1) is 24.7. The molecule has 1 saturated carbocycles. The number of anilines is 1. The molecule has 170 valence electrons. The zero-order chi connectivity index (χ0) is 22.7. The Kier molecular flexibility index (Phi) is 6.94. The van der Waals surface area contributed by atoms with Gasteiger partial charge in [-0.25, -0.2) is 4.39 Å². The molecule has 1 aromatic heterocycles. The summed E-state index contributed by atoms with van der Waals surface area (Å²) in [5.41, 5.74) is -0.603. The van der Waals surface area contributed by atoms with E-state index in [-0.39, 0.29) is 92.1 Å². The van der Waals surface area contributed by atoms with E-state index in [2.05, 4.69) is 0 Å². The molecule has 0 N–H and O–H groups in total. The van der Waals surface area contributed by atoms with Crippen molar-refractivity contribution in [3.63, 3.8) is 0 Å². The summed E-state index contributed by atoms with van der Waals surface area (Å²) in [6.07, 6.45) is 4.84. The average Bonchev–Trinajstić information content (AvgIpc) is 3.50. The van der Waals surface area contributed by atoms with Crippen molar-refractivity contribution < 1.29 is 75.2 Å². The van der Waals surface area contributed by atoms with Crippen molar-refractivity contribution >= 4 is 28.5 Å². The van der Waals surface area contributed by atoms with Crippen LogP contribution in [0.2, 0.25) is 0 Å². The molecule has 0 bridgehead atoms. The minimum Gasteiger partial charge on any atom is -0.545 e. The van der Waals surface area contributed by atoms with Gasteiger partial charge in [-0.05, 0) is 37.7 Å². The number of nitrogens with zero attached hydrogens (tertiary/aromatic N) is 3. The average molecular weight is 482 g/mol. The summed E-state index contributed by atoms with van der Waals surface area (Å²) in [4.78, 5) is 40.2. The second-order valence-corrected chi connectivity index (χ2v) is 9.02. The van der Waals surface area contributed by atoms with E-state index in [1.807, 2.05) is 9.80 Å². The Labute approximate surface area is 233 Å². The predicted octanol–water partition coefficient (Wildman–Crippen LogP) is -1.70. The summed E-state index contributed by atoms with van der Waals surface area (Å²) in [6.45, 7) is 3.33. The predicted molar refractivity (Wildman–Crippen MR) is 113 cm³/mol. The van der Waals surface area contributed by atoms with Gasteiger partial charge in [0.05, 0.1) is 35.6 Å². The summed E-state index contributed by atoms with van der Waals surface area (Å²) >= 11 is 0. The topological polar surface area (TPSA) is 94.9 Å². The van der Waals surface area contributed by atoms with Crippen LogP contribution in [-0.4, -0.2) is 54.1 Å². The molecule has 5 rings (SSSR count). The number of ether oxygens (including phenoxy) is 1. The maximum atomic E-state index is 15.5. The number of halogens is 1. The molecule has 10 heteroatoms. The number of fused-ring (bicyclic) bond motifs is 2. The summed E-state index contributed by atoms with van der Waals surface area (Å²) in [7, 11) is 1.43. The first-order valence-corrected chi connectivity index (χ1v) is 11.0. The first-order valence-electron chi connectivity index (χ1n) is 11.0. The number of methoxy groups -OCH3 is 1. The molecule has 1 aromatic carbocycles. The Morgan fingerprint density at radius 2 is 1.94 bits per heavy atom. The van der Waals surface area contributed by atoms with Crippen LogP contribution in [0.4, 0.5) is 10.1 Å². The molecule has 3 aliphatic rings. The molecule has 0 unspecified atom stereocenters. The number of benzene rings is 1. The van der Waals surface area contributed by atoms with Crippen LogP contribution < -0.4 is 71.6 Å². The number of hydrogen-bond donors (Lipinski definition) is 0. The number of amides is 1. The van der Waals surface area contributed by atoms with E-state index in [4.69, 9.17) is 4.74 Å². The van der Waals surface area contributed by atoms with E-state index in [0.29, 0.717) is 25.2 Å². The van der Waals surface area contributed by atoms with Crippen LogP contribution in [0.1, 0.15) is 49.0 Å². The number of aromatic nitrogens is 1. The van der Waals surface area contributed by atoms with Crippen molar-refractivity contribution in [1.82, 2.24) is 9.47 Å². The van der Waals surface area contributed by atoms with E-state index in [0.717, 1.165) is 31.7 Å². The summed E-state index contributed by atoms with van der Waals surface area (Å²) in [5.74, 6) is -1.75. The molecule has 8 nitrogen and oxygen atoms in total. The fourth-order valence-electron chi connectivity index (χ4n) is 5.47. The smallest absolute Gasteiger partial charge is 0.545 e. The molecule has 2 saturated heterocycles. The quantitative estimate of drug-likeness (QED) is 0.483. The third-order valence-corrected chi connectivity index (χ3v) is 7.06. The number of piperidine rings is 1. The Balaban J connectivity index is 0.00000259. The zero-order valence-corrected chi connectivity index (χ0v) is 22.2. The molecule has 0 spiro atoms. The maximum Gasteiger partial charge on any atom is 1.00 e. The van der Waals surface area contributed by atoms with Gasteiger partial charge in [0.25, 0.3) is 0 Å². The minimum absolute atomic E-state index is 0. The molecule has 1 aliphatic carbocycles. The van der Waals surface area contributed by atoms with Gasteiger partial charge in [0, 0.05) is 38.8 Å². The van der Waals surface area contributed by atoms with Gasteiger partial charge < -0.3 is 29.0 Å². The Hall–Kier alpha value is -1.46. The monoisotopic (exact) mass is 481 g/mol. The van der Waals surface area contributed by atoms with Gasteiger partial charge in [0.15, 0.2) is 17.0 Å². The van der Waals surface area contributed by atoms with E-state index >= 15 is 4.39 Å². The van der Waals surface area contributed by atoms with Gasteiger partial charge in [-0.1, -0.05) is 0 Å². The Morgan fingerprint density at radius 1 is 1.21 bits per heavy atom. The van der Waals surface area contributed by atoms with Gasteiger partial charge in [-0.3, -0.25) is 9.59 Å². The van der Waals surface area contributed by atoms with Crippen LogP contribution in [0, 0.1) is 11.7 Å². The number of hydrogen-bond acceptors (Lipinski definition) is 6. The van der Waals surface area contributed by atoms with Crippen LogP contribution >= 0.6 is 0 Å². The largest absolute Gasteiger partial charge is 1.00 e. The fraction of sp³-hybridized carbons (Fsp3) is 0.522. The van der Waals surface area contributed by atoms with E-state index in [9.17, 15) is 19.5 Å². The third-order valence-electron chi connectivity index (χ3n) is 7.06. The molecular weight excluding hydrogens is 456 g/mol. The van der Waals surface area contributed by atoms with Gasteiger partial charge in [-0.15, -0.1) is 0 Å². The number of rotatable bonds is 4. The summed E-state index contributed by atoms with van der Waals surface area (Å²) in [6, 6.07) is 1.15. The molecule has 2 atom stereocenters. The molecule has 2 aromatic rings. The number of carboxylic acid groups (broad SMARTS) is 1. The van der Waals surface area contributed by atoms with Crippen molar-refractivity contribution in [2.45, 2.75) is 44.7 Å². The van der Waals surface area contributed by atoms with Gasteiger partial charge in [-0.2, -0.15) is 0 Å². The Bertz CT molecular complexity index is 1200. The first-order chi connectivity index (χ1) is 15.3. The normalized spacial score (nSPS) is 22.2. The molecule has 2 aliphatic heterocycles. The van der Waals surface area contributed by atoms with E-state index < -0.39 is 22.8 Å². The van der Waals surface area contributed by atoms with Crippen molar-refractivity contribution in [3.05, 3.63) is 33.9 Å². The van der Waals surface area contributed by atoms with Crippen molar-refractivity contribution in [2.24, 2.45) is 5.92 Å². The SMILES string of the molecule is COc1c(N2C[C@@H]3CCCN(C(C)=O)[C@@H]3C2)c(F)cc2c(=O)c(C(=O)[O-])cn(C3CC3)c12.[K+]. The zero-order valence-electron chi connectivity index (χ0n) is 19.1. The van der Waals surface area contributed by atoms with E-state index in [1.165, 1.54) is 13.3 Å². The standard InChI is InChI=1S/C23H26FN3O5.K/c1-12(28)26-7-3-4-13-9-25(11-18(13)26)20-17(24)8-15-19(22(20)32-2)27(14-5-6-14)10-16(21(15)29)23(30)31;/h8,10,13-14,18H,3-7,9,11H2,1-2H3,(H,30,31);/q;+1/p-1/t13-,18+;/m0./s1. The molecule has 3 heterocycles. The van der Waals surface area contributed by atoms with Crippen molar-refractivity contribution in [1.29, 1.82) is 0 Å². The molecule has 3 fully saturated rings. The third kappa shape index (κ3) is 4.14. The summed E-state index contributed by atoms with van der Waals surface area (Å²) in [5, 5.41) is 11.5. The van der Waals surface area contributed by atoms with Crippen LogP contribution in [0.25, 0.3) is 10.9 Å². The van der Waals surface area contributed by atoms with Gasteiger partial charge >= 0.3 is 51.4 Å². The van der Waals surface area contributed by atoms with E-state index in [1.54, 1.807) is 11.5 Å². The number of likely N-dealkylation sites (tertiary alicyclic amines) is 1. The molecule has 1 amide bonds. The number of carbonyl (C=O) groups is 2. The van der Waals surface area contributed by atoms with Crippen molar-refractivity contribution in [3.8, 4) is 5.75 Å². The number of aromatic carboxylic acids is 1. The number of pyridine rings is 1. The Morgan fingerprint density at radius 3 is 2.55 bits per heavy atom. The minimum atomic E-state index is -1.58. The van der Waals surface area contributed by atoms with Crippen LogP contribution in [0.5, 0.6) is 5.75 Å². The molecule has 33 heavy (non-hydrogen) atoms. The van der Waals surface area contributed by atoms with Gasteiger partial charge in [0.1, 0.15) is 5.69 Å².